The summed E-state index contributed by atoms with van der Waals surface area (Å²) in [7, 11) is 0. The number of ether oxygens (including phenoxy) is 2. The second-order valence-electron chi connectivity index (χ2n) is 8.53. The van der Waals surface area contributed by atoms with Crippen molar-refractivity contribution in [2.75, 3.05) is 50.8 Å². The van der Waals surface area contributed by atoms with Crippen molar-refractivity contribution in [3.63, 3.8) is 0 Å². The van der Waals surface area contributed by atoms with Crippen LogP contribution in [0.25, 0.3) is 0 Å². The largest absolute Gasteiger partial charge is 0.476 e. The second-order valence-corrected chi connectivity index (χ2v) is 8.53. The van der Waals surface area contributed by atoms with Gasteiger partial charge >= 0.3 is 6.09 Å². The maximum absolute atomic E-state index is 12.1. The summed E-state index contributed by atoms with van der Waals surface area (Å²) in [5, 5.41) is 3.39. The molecule has 28 heavy (non-hydrogen) atoms. The minimum absolute atomic E-state index is 0.225. The molecule has 2 saturated heterocycles. The predicted molar refractivity (Wildman–Crippen MR) is 108 cm³/mol. The minimum Gasteiger partial charge on any atom is -0.476 e. The molecule has 2 aliphatic heterocycles. The monoisotopic (exact) mass is 391 g/mol. The molecule has 1 aromatic rings. The molecule has 8 heteroatoms. The molecule has 2 fully saturated rings. The van der Waals surface area contributed by atoms with Crippen molar-refractivity contribution < 1.29 is 14.3 Å². The van der Waals surface area contributed by atoms with Crippen LogP contribution in [0, 0.1) is 5.92 Å². The molecule has 8 nitrogen and oxygen atoms in total. The highest BCUT2D eigenvalue weighted by atomic mass is 16.6. The molecule has 1 N–H and O–H groups in total. The molecule has 0 radical (unpaired) electrons. The molecule has 0 aromatic carbocycles. The third kappa shape index (κ3) is 6.22. The van der Waals surface area contributed by atoms with Crippen molar-refractivity contribution in [3.05, 3.63) is 12.4 Å². The molecule has 0 spiro atoms. The molecule has 3 rings (SSSR count). The summed E-state index contributed by atoms with van der Waals surface area (Å²) in [6.45, 7) is 11.7. The lowest BCUT2D eigenvalue weighted by molar-refractivity contribution is 0.0164. The second kappa shape index (κ2) is 9.41. The zero-order valence-electron chi connectivity index (χ0n) is 17.3. The Morgan fingerprint density at radius 2 is 1.93 bits per heavy atom. The van der Waals surface area contributed by atoms with Gasteiger partial charge in [0.25, 0.3) is 0 Å². The lowest BCUT2D eigenvalue weighted by Gasteiger charge is -2.33. The molecule has 0 bridgehead atoms. The number of hydrogen-bond acceptors (Lipinski definition) is 7. The van der Waals surface area contributed by atoms with E-state index in [0.29, 0.717) is 31.5 Å². The van der Waals surface area contributed by atoms with Crippen LogP contribution < -0.4 is 15.0 Å². The van der Waals surface area contributed by atoms with Crippen LogP contribution in [0.4, 0.5) is 10.6 Å². The molecule has 2 aliphatic rings. The van der Waals surface area contributed by atoms with E-state index in [1.54, 1.807) is 17.3 Å². The Bertz CT molecular complexity index is 616. The SMILES string of the molecule is CC(C)(C)OC(=O)N1CCC(COc2cnc(N3CCCNCC3)cn2)CC1. The summed E-state index contributed by atoms with van der Waals surface area (Å²) >= 11 is 0. The predicted octanol–water partition coefficient (Wildman–Crippen LogP) is 2.30. The number of nitrogens with one attached hydrogen (secondary N) is 1. The van der Waals surface area contributed by atoms with E-state index in [1.165, 1.54) is 0 Å². The number of amides is 1. The van der Waals surface area contributed by atoms with Gasteiger partial charge < -0.3 is 24.6 Å². The van der Waals surface area contributed by atoms with Gasteiger partial charge in [-0.05, 0) is 52.5 Å². The summed E-state index contributed by atoms with van der Waals surface area (Å²) in [4.78, 5) is 25.1. The number of carbonyl (C=O) groups excluding carboxylic acids is 1. The van der Waals surface area contributed by atoms with Crippen LogP contribution in [0.1, 0.15) is 40.0 Å². The van der Waals surface area contributed by atoms with Crippen molar-refractivity contribution in [2.45, 2.75) is 45.6 Å². The molecule has 1 aromatic heterocycles. The zero-order valence-corrected chi connectivity index (χ0v) is 17.3. The molecule has 1 amide bonds. The highest BCUT2D eigenvalue weighted by Crippen LogP contribution is 2.21. The van der Waals surface area contributed by atoms with Gasteiger partial charge in [-0.3, -0.25) is 0 Å². The van der Waals surface area contributed by atoms with Gasteiger partial charge in [0.1, 0.15) is 11.4 Å². The molecule has 0 saturated carbocycles. The van der Waals surface area contributed by atoms with Gasteiger partial charge in [-0.15, -0.1) is 0 Å². The summed E-state index contributed by atoms with van der Waals surface area (Å²) < 4.78 is 11.3. The molecule has 3 heterocycles. The molecule has 0 aliphatic carbocycles. The third-order valence-corrected chi connectivity index (χ3v) is 5.01. The van der Waals surface area contributed by atoms with E-state index in [0.717, 1.165) is 51.3 Å². The highest BCUT2D eigenvalue weighted by molar-refractivity contribution is 5.68. The standard InChI is InChI=1S/C20H33N5O3/c1-20(2,3)28-19(26)25-10-5-16(6-11-25)15-27-18-14-22-17(13-23-18)24-9-4-7-21-8-12-24/h13-14,16,21H,4-12,15H2,1-3H3. The maximum atomic E-state index is 12.1. The first-order chi connectivity index (χ1) is 13.4. The van der Waals surface area contributed by atoms with Gasteiger partial charge in [-0.25, -0.2) is 14.8 Å². The van der Waals surface area contributed by atoms with Crippen molar-refractivity contribution >= 4 is 11.9 Å². The number of carbonyl (C=O) groups is 1. The van der Waals surface area contributed by atoms with Crippen LogP contribution in [-0.2, 0) is 4.74 Å². The lowest BCUT2D eigenvalue weighted by atomic mass is 9.98. The summed E-state index contributed by atoms with van der Waals surface area (Å²) in [6, 6.07) is 0. The molecule has 156 valence electrons. The first-order valence-corrected chi connectivity index (χ1v) is 10.3. The van der Waals surface area contributed by atoms with Crippen molar-refractivity contribution in [2.24, 2.45) is 5.92 Å². The van der Waals surface area contributed by atoms with Gasteiger partial charge in [-0.1, -0.05) is 0 Å². The van der Waals surface area contributed by atoms with E-state index in [4.69, 9.17) is 9.47 Å². The zero-order chi connectivity index (χ0) is 20.0. The number of piperidine rings is 1. The van der Waals surface area contributed by atoms with E-state index < -0.39 is 5.60 Å². The normalized spacial score (nSPS) is 19.2. The number of rotatable bonds is 4. The van der Waals surface area contributed by atoms with Crippen molar-refractivity contribution in [1.29, 1.82) is 0 Å². The van der Waals surface area contributed by atoms with Crippen LogP contribution in [0.3, 0.4) is 0 Å². The number of likely N-dealkylation sites (tertiary alicyclic amines) is 1. The number of anilines is 1. The molecular formula is C20H33N5O3. The number of nitrogens with zero attached hydrogens (tertiary/aromatic N) is 4. The minimum atomic E-state index is -0.453. The van der Waals surface area contributed by atoms with Gasteiger partial charge in [0, 0.05) is 32.7 Å². The fourth-order valence-electron chi connectivity index (χ4n) is 3.43. The molecular weight excluding hydrogens is 358 g/mol. The number of aromatic nitrogens is 2. The van der Waals surface area contributed by atoms with Gasteiger partial charge in [0.15, 0.2) is 0 Å². The van der Waals surface area contributed by atoms with Crippen LogP contribution in [0.2, 0.25) is 0 Å². The first kappa shape index (κ1) is 20.6. The van der Waals surface area contributed by atoms with Crippen LogP contribution in [0.15, 0.2) is 12.4 Å². The maximum Gasteiger partial charge on any atom is 0.410 e. The van der Waals surface area contributed by atoms with E-state index >= 15 is 0 Å². The fraction of sp³-hybridized carbons (Fsp3) is 0.750. The van der Waals surface area contributed by atoms with Gasteiger partial charge in [0.05, 0.1) is 19.0 Å². The topological polar surface area (TPSA) is 79.8 Å². The molecule has 0 unspecified atom stereocenters. The van der Waals surface area contributed by atoms with Crippen LogP contribution >= 0.6 is 0 Å². The Morgan fingerprint density at radius 3 is 2.61 bits per heavy atom. The van der Waals surface area contributed by atoms with Crippen molar-refractivity contribution in [1.82, 2.24) is 20.2 Å². The smallest absolute Gasteiger partial charge is 0.410 e. The Kier molecular flexibility index (Phi) is 6.93. The van der Waals surface area contributed by atoms with E-state index in [9.17, 15) is 4.79 Å². The Labute approximate surface area is 167 Å². The van der Waals surface area contributed by atoms with E-state index in [1.807, 2.05) is 20.8 Å². The average Bonchev–Trinajstić information content (AvgIpc) is 2.95. The Morgan fingerprint density at radius 1 is 1.14 bits per heavy atom. The van der Waals surface area contributed by atoms with Gasteiger partial charge in [0.2, 0.25) is 5.88 Å². The third-order valence-electron chi connectivity index (χ3n) is 5.01. The summed E-state index contributed by atoms with van der Waals surface area (Å²) in [5.41, 5.74) is -0.453. The summed E-state index contributed by atoms with van der Waals surface area (Å²) in [5.74, 6) is 1.88. The van der Waals surface area contributed by atoms with Crippen molar-refractivity contribution in [3.8, 4) is 5.88 Å². The average molecular weight is 392 g/mol. The Balaban J connectivity index is 1.41. The first-order valence-electron chi connectivity index (χ1n) is 10.3. The Hall–Kier alpha value is -2.09. The van der Waals surface area contributed by atoms with E-state index in [2.05, 4.69) is 20.2 Å². The quantitative estimate of drug-likeness (QED) is 0.843. The van der Waals surface area contributed by atoms with E-state index in [-0.39, 0.29) is 6.09 Å². The van der Waals surface area contributed by atoms with Crippen LogP contribution in [0.5, 0.6) is 5.88 Å². The summed E-state index contributed by atoms with van der Waals surface area (Å²) in [6.07, 6.45) is 6.21. The fourth-order valence-corrected chi connectivity index (χ4v) is 3.43. The highest BCUT2D eigenvalue weighted by Gasteiger charge is 2.27. The van der Waals surface area contributed by atoms with Crippen LogP contribution in [-0.4, -0.2) is 72.4 Å². The molecule has 0 atom stereocenters. The number of hydrogen-bond donors (Lipinski definition) is 1. The lowest BCUT2D eigenvalue weighted by Crippen LogP contribution is -2.42. The van der Waals surface area contributed by atoms with Gasteiger partial charge in [-0.2, -0.15) is 0 Å².